The summed E-state index contributed by atoms with van der Waals surface area (Å²) in [5.74, 6) is -1.48. The number of fused-ring (bicyclic) bond motifs is 2. The van der Waals surface area contributed by atoms with Gasteiger partial charge in [-0.1, -0.05) is 18.2 Å². The van der Waals surface area contributed by atoms with Crippen LogP contribution in [0.15, 0.2) is 80.9 Å². The Morgan fingerprint density at radius 3 is 2.30 bits per heavy atom. The van der Waals surface area contributed by atoms with Gasteiger partial charge in [0.05, 0.1) is 23.8 Å². The highest BCUT2D eigenvalue weighted by Crippen LogP contribution is 2.66. The van der Waals surface area contributed by atoms with E-state index >= 15 is 0 Å². The number of aliphatic hydroxyl groups is 2. The highest BCUT2D eigenvalue weighted by atomic mass is 31.3. The molecule has 1 aliphatic carbocycles. The summed E-state index contributed by atoms with van der Waals surface area (Å²) in [6.07, 6.45) is -3.97. The average molecular weight is 953 g/mol. The molecule has 0 spiro atoms. The SMILES string of the molecule is CN(C)c1ccc2c(-c3ccc(C(=O)NC/C=C/c4cn([C@@H]5O[C@H](COP(=O)(O)OP(=O)(O)OP(=O)(O)O)[C@@H](O)[C@H]5O)c(=O)[nH]c4=O)cc3C(=O)O)c3ccc(=[N+](C)C)cc-3oc2c1. The molecule has 9 N–H and O–H groups in total. The Bertz CT molecular complexity index is 2990. The number of hydrogen-bond donors (Lipinski definition) is 9. The van der Waals surface area contributed by atoms with E-state index in [1.165, 1.54) is 30.4 Å². The maximum Gasteiger partial charge on any atom is 0.490 e. The number of nitrogens with zero attached hydrogens (tertiary/aromatic N) is 3. The number of phosphoric ester groups is 1. The van der Waals surface area contributed by atoms with Gasteiger partial charge in [-0.15, -0.1) is 0 Å². The number of aromatic amines is 1. The number of H-pyrrole nitrogens is 1. The maximum absolute atomic E-state index is 13.3. The van der Waals surface area contributed by atoms with Crippen molar-refractivity contribution in [3.63, 3.8) is 0 Å². The first-order valence-electron chi connectivity index (χ1n) is 18.5. The average Bonchev–Trinajstić information content (AvgIpc) is 3.47. The molecule has 3 aromatic rings. The van der Waals surface area contributed by atoms with E-state index in [9.17, 15) is 58.0 Å². The van der Waals surface area contributed by atoms with Gasteiger partial charge in [-0.05, 0) is 35.9 Å². The van der Waals surface area contributed by atoms with Crippen LogP contribution in [0.25, 0.3) is 39.5 Å². The van der Waals surface area contributed by atoms with Crippen LogP contribution in [0.1, 0.15) is 32.5 Å². The Kier molecular flexibility index (Phi) is 14.0. The van der Waals surface area contributed by atoms with Crippen molar-refractivity contribution in [3.8, 4) is 22.5 Å². The number of amides is 1. The summed E-state index contributed by atoms with van der Waals surface area (Å²) >= 11 is 0. The fourth-order valence-electron chi connectivity index (χ4n) is 6.61. The molecule has 3 aliphatic rings. The molecule has 1 fully saturated rings. The predicted molar refractivity (Wildman–Crippen MR) is 225 cm³/mol. The molecule has 0 saturated carbocycles. The number of carboxylic acid groups (broad SMARTS) is 1. The third-order valence-corrected chi connectivity index (χ3v) is 13.4. The molecule has 1 saturated heterocycles. The monoisotopic (exact) mass is 952 g/mol. The van der Waals surface area contributed by atoms with E-state index in [4.69, 9.17) is 18.9 Å². The van der Waals surface area contributed by atoms with E-state index in [0.717, 1.165) is 17.2 Å². The first-order valence-corrected chi connectivity index (χ1v) is 23.0. The van der Waals surface area contributed by atoms with Crippen LogP contribution in [0, 0.1) is 0 Å². The molecule has 0 bridgehead atoms. The van der Waals surface area contributed by atoms with Gasteiger partial charge in [0, 0.05) is 66.7 Å². The van der Waals surface area contributed by atoms with Gasteiger partial charge in [0.1, 0.15) is 43.8 Å². The molecule has 342 valence electrons. The number of carbonyl (C=O) groups excluding carboxylic acids is 1. The van der Waals surface area contributed by atoms with E-state index in [1.807, 2.05) is 79.0 Å². The Labute approximate surface area is 360 Å². The first kappa shape index (κ1) is 48.0. The first-order chi connectivity index (χ1) is 29.8. The third-order valence-electron chi connectivity index (χ3n) is 9.61. The quantitative estimate of drug-likeness (QED) is 0.0405. The molecule has 27 heteroatoms. The topological polar surface area (TPSA) is 350 Å². The number of aromatic carboxylic acids is 1. The largest absolute Gasteiger partial charge is 0.490 e. The van der Waals surface area contributed by atoms with Crippen molar-refractivity contribution in [2.45, 2.75) is 24.5 Å². The van der Waals surface area contributed by atoms with Gasteiger partial charge in [-0.2, -0.15) is 8.62 Å². The van der Waals surface area contributed by atoms with Crippen LogP contribution in [0.5, 0.6) is 0 Å². The fraction of sp³-hybridized carbons (Fsp3) is 0.270. The smallest absolute Gasteiger partial charge is 0.478 e. The van der Waals surface area contributed by atoms with Gasteiger partial charge in [0.25, 0.3) is 11.5 Å². The third kappa shape index (κ3) is 10.9. The van der Waals surface area contributed by atoms with E-state index in [1.54, 1.807) is 0 Å². The van der Waals surface area contributed by atoms with Crippen LogP contribution < -0.4 is 31.4 Å². The van der Waals surface area contributed by atoms with Gasteiger partial charge in [0.15, 0.2) is 6.23 Å². The normalized spacial score (nSPS) is 19.7. The number of aromatic nitrogens is 2. The molecule has 2 aromatic carbocycles. The summed E-state index contributed by atoms with van der Waals surface area (Å²) in [5, 5.41) is 35.6. The summed E-state index contributed by atoms with van der Waals surface area (Å²) in [5.41, 5.74) is 0.437. The zero-order valence-electron chi connectivity index (χ0n) is 33.9. The Hall–Kier alpha value is -5.42. The van der Waals surface area contributed by atoms with Gasteiger partial charge in [0.2, 0.25) is 5.36 Å². The van der Waals surface area contributed by atoms with Crippen LogP contribution in [0.2, 0.25) is 0 Å². The number of nitrogens with one attached hydrogen (secondary N) is 2. The van der Waals surface area contributed by atoms with E-state index < -0.39 is 77.7 Å². The lowest BCUT2D eigenvalue weighted by atomic mass is 9.89. The molecule has 0 radical (unpaired) electrons. The van der Waals surface area contributed by atoms with Crippen molar-refractivity contribution in [3.05, 3.63) is 110 Å². The van der Waals surface area contributed by atoms with Crippen molar-refractivity contribution in [1.82, 2.24) is 19.4 Å². The lowest BCUT2D eigenvalue weighted by Gasteiger charge is -2.19. The molecular weight excluding hydrogens is 911 g/mol. The molecule has 1 aromatic heterocycles. The number of anilines is 1. The van der Waals surface area contributed by atoms with Crippen molar-refractivity contribution >= 4 is 58.1 Å². The standard InChI is InChI=1S/C37H40N5O19P3/c1-40(2)21-8-11-24-27(15-21)58-28-16-22(41(3)4)9-12-25(28)30(24)23-10-7-19(14-26(23)36(47)48)33(45)38-13-5-6-20-17-42(37(49)39-34(20)46)35-32(44)31(43)29(59-35)18-57-63(53,54)61-64(55,56)60-62(50,51)52/h5-12,14-17,29,31-32,35,43-44H,13,18H2,1-4H3,(H6-,38,39,45,46,47,48,49,50,51,52,53,54,55,56)/p+1/b6-5+/t29-,31-,32-,35-/m1/s1. The summed E-state index contributed by atoms with van der Waals surface area (Å²) in [7, 11) is -9.67. The number of benzene rings is 3. The van der Waals surface area contributed by atoms with Crippen molar-refractivity contribution in [2.75, 3.05) is 46.2 Å². The number of phosphoric acid groups is 3. The lowest BCUT2D eigenvalue weighted by Crippen LogP contribution is -2.38. The van der Waals surface area contributed by atoms with E-state index in [0.29, 0.717) is 38.0 Å². The van der Waals surface area contributed by atoms with Crippen molar-refractivity contribution < 1.29 is 80.5 Å². The number of carbonyl (C=O) groups is 2. The molecule has 2 unspecified atom stereocenters. The number of ether oxygens (including phenoxy) is 1. The fourth-order valence-corrected chi connectivity index (χ4v) is 9.64. The van der Waals surface area contributed by atoms with Crippen LogP contribution >= 0.6 is 23.5 Å². The van der Waals surface area contributed by atoms with Gasteiger partial charge < -0.3 is 54.3 Å². The summed E-state index contributed by atoms with van der Waals surface area (Å²) in [6.45, 7) is -1.38. The summed E-state index contributed by atoms with van der Waals surface area (Å²) in [6, 6.07) is 15.4. The molecule has 2 aliphatic heterocycles. The van der Waals surface area contributed by atoms with Crippen LogP contribution in [-0.4, -0.2) is 116 Å². The van der Waals surface area contributed by atoms with Crippen LogP contribution in [0.4, 0.5) is 5.69 Å². The number of carboxylic acids is 1. The summed E-state index contributed by atoms with van der Waals surface area (Å²) < 4.78 is 60.5. The summed E-state index contributed by atoms with van der Waals surface area (Å²) in [4.78, 5) is 91.8. The number of aliphatic hydroxyl groups excluding tert-OH is 2. The van der Waals surface area contributed by atoms with Gasteiger partial charge in [-0.25, -0.2) is 27.9 Å². The Balaban J connectivity index is 1.19. The van der Waals surface area contributed by atoms with Crippen molar-refractivity contribution in [1.29, 1.82) is 0 Å². The second-order valence-corrected chi connectivity index (χ2v) is 18.9. The van der Waals surface area contributed by atoms with Gasteiger partial charge >= 0.3 is 35.1 Å². The molecule has 6 atom stereocenters. The van der Waals surface area contributed by atoms with Gasteiger partial charge in [-0.3, -0.25) is 23.7 Å². The Morgan fingerprint density at radius 2 is 1.64 bits per heavy atom. The maximum atomic E-state index is 13.3. The second kappa shape index (κ2) is 18.6. The van der Waals surface area contributed by atoms with Crippen molar-refractivity contribution in [2.24, 2.45) is 0 Å². The highest BCUT2D eigenvalue weighted by molar-refractivity contribution is 7.66. The minimum absolute atomic E-state index is 0.00613. The van der Waals surface area contributed by atoms with Crippen LogP contribution in [0.3, 0.4) is 0 Å². The molecule has 6 rings (SSSR count). The zero-order chi connectivity index (χ0) is 47.1. The highest BCUT2D eigenvalue weighted by Gasteiger charge is 2.47. The molecule has 3 heterocycles. The van der Waals surface area contributed by atoms with Crippen LogP contribution in [-0.2, 0) is 31.6 Å². The van der Waals surface area contributed by atoms with E-state index in [-0.39, 0.29) is 23.2 Å². The minimum atomic E-state index is -5.86. The molecule has 64 heavy (non-hydrogen) atoms. The predicted octanol–water partition coefficient (Wildman–Crippen LogP) is 1.26. The zero-order valence-corrected chi connectivity index (χ0v) is 36.5. The molecule has 1 amide bonds. The molecular formula is C37H41N5O19P3+. The minimum Gasteiger partial charge on any atom is -0.478 e. The lowest BCUT2D eigenvalue weighted by molar-refractivity contribution is -0.0542. The number of hydrogen-bond acceptors (Lipinski definition) is 15. The number of rotatable bonds is 15. The Morgan fingerprint density at radius 1 is 0.938 bits per heavy atom. The van der Waals surface area contributed by atoms with E-state index in [2.05, 4.69) is 18.5 Å². The second-order valence-electron chi connectivity index (χ2n) is 14.5. The molecule has 24 nitrogen and oxygen atoms in total.